The van der Waals surface area contributed by atoms with Crippen LogP contribution in [0, 0.1) is 5.92 Å². The molecule has 40 heavy (non-hydrogen) atoms. The van der Waals surface area contributed by atoms with Crippen LogP contribution in [0.5, 0.6) is 23.0 Å². The second-order valence-corrected chi connectivity index (χ2v) is 9.90. The predicted octanol–water partition coefficient (Wildman–Crippen LogP) is 6.85. The minimum absolute atomic E-state index is 0.0418. The van der Waals surface area contributed by atoms with Crippen LogP contribution in [0.2, 0.25) is 0 Å². The number of para-hydroxylation sites is 1. The Morgan fingerprint density at radius 3 is 2.02 bits per heavy atom. The van der Waals surface area contributed by atoms with Crippen molar-refractivity contribution in [1.82, 2.24) is 0 Å². The molecule has 0 radical (unpaired) electrons. The second-order valence-electron chi connectivity index (χ2n) is 9.90. The van der Waals surface area contributed by atoms with E-state index in [1.165, 1.54) is 17.0 Å². The fraction of sp³-hybridized carbons (Fsp3) is 0.152. The molecule has 0 spiro atoms. The number of ether oxygens (including phenoxy) is 2. The zero-order valence-electron chi connectivity index (χ0n) is 22.2. The molecule has 4 aromatic rings. The standard InChI is InChI=1S/C33H29NO6/c1-21(2)20-39-26-16-10-23(11-17-26)31(36)29-30(22-8-14-25(35)15-9-22)34(33(38)32(29)37)24-12-18-28(19-13-24)40-27-6-4-3-5-7-27/h3-19,21,30,35-36H,20H2,1-2H3/b31-29+. The van der Waals surface area contributed by atoms with E-state index in [0.29, 0.717) is 46.6 Å². The molecule has 1 fully saturated rings. The molecule has 0 saturated carbocycles. The van der Waals surface area contributed by atoms with E-state index in [2.05, 4.69) is 0 Å². The van der Waals surface area contributed by atoms with Crippen molar-refractivity contribution in [3.8, 4) is 23.0 Å². The molecular weight excluding hydrogens is 506 g/mol. The summed E-state index contributed by atoms with van der Waals surface area (Å²) in [5.74, 6) is 0.395. The molecule has 4 aromatic carbocycles. The molecule has 5 rings (SSSR count). The fourth-order valence-corrected chi connectivity index (χ4v) is 4.50. The van der Waals surface area contributed by atoms with Gasteiger partial charge in [0.2, 0.25) is 0 Å². The molecule has 1 saturated heterocycles. The number of nitrogens with zero attached hydrogens (tertiary/aromatic N) is 1. The third kappa shape index (κ3) is 5.54. The van der Waals surface area contributed by atoms with E-state index in [0.717, 1.165) is 0 Å². The number of aromatic hydroxyl groups is 1. The number of ketones is 1. The number of anilines is 1. The molecule has 0 bridgehead atoms. The molecule has 1 aliphatic rings. The van der Waals surface area contributed by atoms with Gasteiger partial charge in [-0.3, -0.25) is 14.5 Å². The number of aliphatic hydroxyl groups is 1. The number of carbonyl (C=O) groups is 2. The number of phenols is 1. The van der Waals surface area contributed by atoms with E-state index in [1.54, 1.807) is 60.7 Å². The van der Waals surface area contributed by atoms with Gasteiger partial charge in [0.25, 0.3) is 11.7 Å². The summed E-state index contributed by atoms with van der Waals surface area (Å²) in [6.45, 7) is 4.64. The van der Waals surface area contributed by atoms with Crippen LogP contribution in [0.25, 0.3) is 5.76 Å². The summed E-state index contributed by atoms with van der Waals surface area (Å²) >= 11 is 0. The van der Waals surface area contributed by atoms with Gasteiger partial charge < -0.3 is 19.7 Å². The van der Waals surface area contributed by atoms with E-state index < -0.39 is 17.7 Å². The van der Waals surface area contributed by atoms with E-state index in [-0.39, 0.29) is 17.1 Å². The van der Waals surface area contributed by atoms with Gasteiger partial charge in [-0.1, -0.05) is 44.2 Å². The Bertz CT molecular complexity index is 1530. The van der Waals surface area contributed by atoms with Crippen LogP contribution in [0.1, 0.15) is 31.0 Å². The van der Waals surface area contributed by atoms with Crippen LogP contribution in [0.15, 0.2) is 109 Å². The predicted molar refractivity (Wildman–Crippen MR) is 153 cm³/mol. The van der Waals surface area contributed by atoms with Gasteiger partial charge in [-0.2, -0.15) is 0 Å². The van der Waals surface area contributed by atoms with Crippen molar-refractivity contribution in [3.63, 3.8) is 0 Å². The van der Waals surface area contributed by atoms with E-state index >= 15 is 0 Å². The summed E-state index contributed by atoms with van der Waals surface area (Å²) in [7, 11) is 0. The minimum Gasteiger partial charge on any atom is -0.508 e. The number of hydrogen-bond acceptors (Lipinski definition) is 6. The second kappa shape index (κ2) is 11.4. The van der Waals surface area contributed by atoms with Crippen molar-refractivity contribution >= 4 is 23.1 Å². The maximum atomic E-state index is 13.4. The number of benzene rings is 4. The number of rotatable bonds is 8. The summed E-state index contributed by atoms with van der Waals surface area (Å²) in [6.07, 6.45) is 0. The summed E-state index contributed by atoms with van der Waals surface area (Å²) in [5, 5.41) is 21.2. The SMILES string of the molecule is CC(C)COc1ccc(/C(O)=C2\C(=O)C(=O)N(c3ccc(Oc4ccccc4)cc3)C2c2ccc(O)cc2)cc1. The first-order valence-corrected chi connectivity index (χ1v) is 13.0. The molecule has 7 heteroatoms. The third-order valence-corrected chi connectivity index (χ3v) is 6.46. The number of phenolic OH excluding ortho intramolecular Hbond substituents is 1. The quantitative estimate of drug-likeness (QED) is 0.146. The number of hydrogen-bond donors (Lipinski definition) is 2. The molecule has 0 aliphatic carbocycles. The third-order valence-electron chi connectivity index (χ3n) is 6.46. The summed E-state index contributed by atoms with van der Waals surface area (Å²) in [6, 6.07) is 28.1. The van der Waals surface area contributed by atoms with Gasteiger partial charge >= 0.3 is 0 Å². The maximum absolute atomic E-state index is 13.4. The monoisotopic (exact) mass is 535 g/mol. The lowest BCUT2D eigenvalue weighted by molar-refractivity contribution is -0.132. The Hall–Kier alpha value is -5.04. The lowest BCUT2D eigenvalue weighted by Crippen LogP contribution is -2.29. The molecule has 7 nitrogen and oxygen atoms in total. The van der Waals surface area contributed by atoms with Gasteiger partial charge in [0.05, 0.1) is 18.2 Å². The van der Waals surface area contributed by atoms with Crippen LogP contribution >= 0.6 is 0 Å². The first kappa shape index (κ1) is 26.6. The van der Waals surface area contributed by atoms with Crippen LogP contribution in [-0.4, -0.2) is 28.5 Å². The van der Waals surface area contributed by atoms with E-state index in [4.69, 9.17) is 9.47 Å². The van der Waals surface area contributed by atoms with E-state index in [1.807, 2.05) is 44.2 Å². The van der Waals surface area contributed by atoms with Gasteiger partial charge in [0.15, 0.2) is 0 Å². The van der Waals surface area contributed by atoms with Gasteiger partial charge in [-0.05, 0) is 84.3 Å². The Balaban J connectivity index is 1.52. The highest BCUT2D eigenvalue weighted by Gasteiger charge is 2.47. The largest absolute Gasteiger partial charge is 0.508 e. The average molecular weight is 536 g/mol. The number of carbonyl (C=O) groups excluding carboxylic acids is 2. The molecule has 2 N–H and O–H groups in total. The normalized spacial score (nSPS) is 16.4. The minimum atomic E-state index is -0.918. The maximum Gasteiger partial charge on any atom is 0.300 e. The highest BCUT2D eigenvalue weighted by atomic mass is 16.5. The number of aliphatic hydroxyl groups excluding tert-OH is 1. The Labute approximate surface area is 232 Å². The zero-order chi connectivity index (χ0) is 28.2. The Morgan fingerprint density at radius 1 is 0.800 bits per heavy atom. The Morgan fingerprint density at radius 2 is 1.40 bits per heavy atom. The van der Waals surface area contributed by atoms with Gasteiger partial charge in [0.1, 0.15) is 28.8 Å². The van der Waals surface area contributed by atoms with Gasteiger partial charge in [-0.25, -0.2) is 0 Å². The number of amides is 1. The van der Waals surface area contributed by atoms with Crippen LogP contribution < -0.4 is 14.4 Å². The van der Waals surface area contributed by atoms with Crippen LogP contribution in [0.3, 0.4) is 0 Å². The lowest BCUT2D eigenvalue weighted by Gasteiger charge is -2.25. The van der Waals surface area contributed by atoms with Crippen molar-refractivity contribution < 1.29 is 29.3 Å². The van der Waals surface area contributed by atoms with Crippen molar-refractivity contribution in [2.45, 2.75) is 19.9 Å². The highest BCUT2D eigenvalue weighted by molar-refractivity contribution is 6.51. The zero-order valence-corrected chi connectivity index (χ0v) is 22.2. The van der Waals surface area contributed by atoms with Crippen molar-refractivity contribution in [1.29, 1.82) is 0 Å². The summed E-state index contributed by atoms with van der Waals surface area (Å²) in [5.41, 5.74) is 1.35. The average Bonchev–Trinajstić information content (AvgIpc) is 3.23. The molecule has 1 heterocycles. The first-order valence-electron chi connectivity index (χ1n) is 13.0. The smallest absolute Gasteiger partial charge is 0.300 e. The van der Waals surface area contributed by atoms with Crippen molar-refractivity contribution in [2.75, 3.05) is 11.5 Å². The molecule has 1 atom stereocenters. The van der Waals surface area contributed by atoms with Gasteiger partial charge in [0, 0.05) is 11.3 Å². The Kier molecular flexibility index (Phi) is 7.55. The molecule has 0 aromatic heterocycles. The van der Waals surface area contributed by atoms with Crippen molar-refractivity contribution in [3.05, 3.63) is 120 Å². The molecule has 1 amide bonds. The molecule has 202 valence electrons. The van der Waals surface area contributed by atoms with Crippen LogP contribution in [-0.2, 0) is 9.59 Å². The molecule has 1 aliphatic heterocycles. The van der Waals surface area contributed by atoms with Crippen molar-refractivity contribution in [2.24, 2.45) is 5.92 Å². The lowest BCUT2D eigenvalue weighted by atomic mass is 9.95. The molecule has 1 unspecified atom stereocenters. The first-order chi connectivity index (χ1) is 19.3. The van der Waals surface area contributed by atoms with Crippen LogP contribution in [0.4, 0.5) is 5.69 Å². The topological polar surface area (TPSA) is 96.3 Å². The molecular formula is C33H29NO6. The highest BCUT2D eigenvalue weighted by Crippen LogP contribution is 2.43. The van der Waals surface area contributed by atoms with Gasteiger partial charge in [-0.15, -0.1) is 0 Å². The van der Waals surface area contributed by atoms with E-state index in [9.17, 15) is 19.8 Å². The number of Topliss-reactive ketones (excluding diaryl/α,β-unsaturated/α-hetero) is 1. The summed E-state index contributed by atoms with van der Waals surface area (Å²) < 4.78 is 11.6. The summed E-state index contributed by atoms with van der Waals surface area (Å²) in [4.78, 5) is 28.2. The fourth-order valence-electron chi connectivity index (χ4n) is 4.50.